The number of anilines is 1. The smallest absolute Gasteiger partial charge is 0.233 e. The van der Waals surface area contributed by atoms with Crippen molar-refractivity contribution in [1.29, 1.82) is 5.26 Å². The molecule has 4 rings (SSSR count). The molecule has 2 aliphatic heterocycles. The molecule has 28 heavy (non-hydrogen) atoms. The summed E-state index contributed by atoms with van der Waals surface area (Å²) in [6.07, 6.45) is 7.95. The Morgan fingerprint density at radius 2 is 1.75 bits per heavy atom. The zero-order valence-electron chi connectivity index (χ0n) is 16.4. The highest BCUT2D eigenvalue weighted by molar-refractivity contribution is 8.00. The molecule has 0 saturated carbocycles. The number of piperidine rings is 1. The third-order valence-electron chi connectivity index (χ3n) is 5.92. The normalized spacial score (nSPS) is 19.8. The fraction of sp³-hybridized carbons (Fsp3) is 0.667. The molecule has 0 unspecified atom stereocenters. The minimum absolute atomic E-state index is 0.108. The lowest BCUT2D eigenvalue weighted by Gasteiger charge is -2.32. The van der Waals surface area contributed by atoms with E-state index in [2.05, 4.69) is 11.0 Å². The Kier molecular flexibility index (Phi) is 6.38. The second kappa shape index (κ2) is 9.15. The van der Waals surface area contributed by atoms with E-state index in [1.807, 2.05) is 4.90 Å². The van der Waals surface area contributed by atoms with Crippen LogP contribution in [0.4, 0.5) is 5.82 Å². The fourth-order valence-corrected chi connectivity index (χ4v) is 5.30. The molecule has 3 heterocycles. The molecule has 0 N–H and O–H groups in total. The van der Waals surface area contributed by atoms with E-state index in [9.17, 15) is 10.1 Å². The van der Waals surface area contributed by atoms with Crippen LogP contribution >= 0.6 is 11.8 Å². The number of ether oxygens (including phenoxy) is 1. The minimum atomic E-state index is 0.108. The van der Waals surface area contributed by atoms with Gasteiger partial charge >= 0.3 is 0 Å². The summed E-state index contributed by atoms with van der Waals surface area (Å²) < 4.78 is 5.33. The number of hydrogen-bond acceptors (Lipinski definition) is 6. The average molecular weight is 401 g/mol. The number of nitrogens with zero attached hydrogens (tertiary/aromatic N) is 4. The first-order chi connectivity index (χ1) is 13.8. The van der Waals surface area contributed by atoms with Crippen LogP contribution in [0.15, 0.2) is 5.03 Å². The number of thioether (sulfide) groups is 1. The number of rotatable bonds is 4. The van der Waals surface area contributed by atoms with Crippen LogP contribution in [0, 0.1) is 11.3 Å². The van der Waals surface area contributed by atoms with E-state index >= 15 is 0 Å². The van der Waals surface area contributed by atoms with E-state index in [0.717, 1.165) is 43.2 Å². The molecule has 0 radical (unpaired) electrons. The van der Waals surface area contributed by atoms with Crippen LogP contribution in [0.5, 0.6) is 0 Å². The Labute approximate surface area is 171 Å². The minimum Gasteiger partial charge on any atom is -0.378 e. The average Bonchev–Trinajstić information content (AvgIpc) is 2.77. The molecular weight excluding hydrogens is 372 g/mol. The summed E-state index contributed by atoms with van der Waals surface area (Å²) in [6.45, 7) is 4.61. The summed E-state index contributed by atoms with van der Waals surface area (Å²) in [5.74, 6) is 1.52. The molecule has 150 valence electrons. The summed E-state index contributed by atoms with van der Waals surface area (Å²) in [5.41, 5.74) is 3.18. The van der Waals surface area contributed by atoms with Crippen molar-refractivity contribution in [3.05, 3.63) is 16.7 Å². The van der Waals surface area contributed by atoms with E-state index in [0.29, 0.717) is 37.6 Å². The van der Waals surface area contributed by atoms with Gasteiger partial charge in [-0.3, -0.25) is 4.79 Å². The largest absolute Gasteiger partial charge is 0.378 e. The van der Waals surface area contributed by atoms with Gasteiger partial charge in [-0.1, -0.05) is 11.8 Å². The summed E-state index contributed by atoms with van der Waals surface area (Å²) in [4.78, 5) is 21.8. The molecule has 1 aromatic heterocycles. The third-order valence-corrected chi connectivity index (χ3v) is 6.88. The van der Waals surface area contributed by atoms with Gasteiger partial charge in [0.15, 0.2) is 0 Å². The molecule has 0 aromatic carbocycles. The zero-order valence-corrected chi connectivity index (χ0v) is 17.2. The molecule has 1 amide bonds. The number of pyridine rings is 1. The molecule has 7 heteroatoms. The van der Waals surface area contributed by atoms with Crippen LogP contribution < -0.4 is 4.90 Å². The Morgan fingerprint density at radius 1 is 1.04 bits per heavy atom. The molecule has 6 nitrogen and oxygen atoms in total. The number of carbonyl (C=O) groups is 1. The van der Waals surface area contributed by atoms with Crippen molar-refractivity contribution in [2.24, 2.45) is 0 Å². The number of hydrogen-bond donors (Lipinski definition) is 0. The van der Waals surface area contributed by atoms with E-state index in [1.54, 1.807) is 0 Å². The Morgan fingerprint density at radius 3 is 2.46 bits per heavy atom. The summed E-state index contributed by atoms with van der Waals surface area (Å²) in [7, 11) is 0. The van der Waals surface area contributed by atoms with Crippen LogP contribution in [-0.4, -0.2) is 60.9 Å². The molecular formula is C21H28N4O2S. The lowest BCUT2D eigenvalue weighted by molar-refractivity contribution is -0.132. The predicted octanol–water partition coefficient (Wildman–Crippen LogP) is 2.77. The summed E-state index contributed by atoms with van der Waals surface area (Å²) in [5, 5.41) is 10.6. The topological polar surface area (TPSA) is 69.5 Å². The van der Waals surface area contributed by atoms with Crippen molar-refractivity contribution in [1.82, 2.24) is 9.88 Å². The van der Waals surface area contributed by atoms with Crippen molar-refractivity contribution >= 4 is 23.5 Å². The van der Waals surface area contributed by atoms with E-state index in [-0.39, 0.29) is 5.91 Å². The van der Waals surface area contributed by atoms with Crippen molar-refractivity contribution in [2.75, 3.05) is 50.0 Å². The molecule has 1 aliphatic carbocycles. The SMILES string of the molecule is N#Cc1c(SCC(=O)N2CCOCC2)nc(N2CCCCC2)c2c1CCCC2. The maximum atomic E-state index is 12.6. The van der Waals surface area contributed by atoms with Crippen LogP contribution in [0.1, 0.15) is 48.8 Å². The Balaban J connectivity index is 1.60. The van der Waals surface area contributed by atoms with Crippen molar-refractivity contribution in [3.63, 3.8) is 0 Å². The van der Waals surface area contributed by atoms with Crippen molar-refractivity contribution in [2.45, 2.75) is 50.0 Å². The first-order valence-corrected chi connectivity index (χ1v) is 11.5. The molecule has 2 fully saturated rings. The number of fused-ring (bicyclic) bond motifs is 1. The van der Waals surface area contributed by atoms with Gasteiger partial charge in [-0.25, -0.2) is 4.98 Å². The van der Waals surface area contributed by atoms with Crippen LogP contribution in [-0.2, 0) is 22.4 Å². The fourth-order valence-electron chi connectivity index (χ4n) is 4.40. The second-order valence-corrected chi connectivity index (χ2v) is 8.69. The van der Waals surface area contributed by atoms with Gasteiger partial charge in [-0.15, -0.1) is 0 Å². The van der Waals surface area contributed by atoms with Gasteiger partial charge in [0.05, 0.1) is 24.5 Å². The number of amides is 1. The maximum absolute atomic E-state index is 12.6. The van der Waals surface area contributed by atoms with Gasteiger partial charge in [0.2, 0.25) is 5.91 Å². The highest BCUT2D eigenvalue weighted by atomic mass is 32.2. The standard InChI is InChI=1S/C21H28N4O2S/c22-14-18-16-6-2-3-7-17(16)20(25-8-4-1-5-9-25)23-21(18)28-15-19(26)24-10-12-27-13-11-24/h1-13,15H2. The highest BCUT2D eigenvalue weighted by Gasteiger charge is 2.26. The van der Waals surface area contributed by atoms with Gasteiger partial charge in [-0.2, -0.15) is 5.26 Å². The number of aromatic nitrogens is 1. The van der Waals surface area contributed by atoms with Crippen LogP contribution in [0.3, 0.4) is 0 Å². The van der Waals surface area contributed by atoms with Crippen LogP contribution in [0.2, 0.25) is 0 Å². The zero-order chi connectivity index (χ0) is 19.3. The Hall–Kier alpha value is -1.78. The number of morpholine rings is 1. The summed E-state index contributed by atoms with van der Waals surface area (Å²) >= 11 is 1.43. The van der Waals surface area contributed by atoms with E-state index in [4.69, 9.17) is 9.72 Å². The van der Waals surface area contributed by atoms with Crippen molar-refractivity contribution < 1.29 is 9.53 Å². The van der Waals surface area contributed by atoms with Gasteiger partial charge < -0.3 is 14.5 Å². The van der Waals surface area contributed by atoms with Gasteiger partial charge in [0, 0.05) is 26.2 Å². The molecule has 2 saturated heterocycles. The maximum Gasteiger partial charge on any atom is 0.233 e. The number of carbonyl (C=O) groups excluding carboxylic acids is 1. The van der Waals surface area contributed by atoms with Crippen molar-refractivity contribution in [3.8, 4) is 6.07 Å². The third kappa shape index (κ3) is 4.13. The first-order valence-electron chi connectivity index (χ1n) is 10.5. The first kappa shape index (κ1) is 19.5. The van der Waals surface area contributed by atoms with E-state index < -0.39 is 0 Å². The highest BCUT2D eigenvalue weighted by Crippen LogP contribution is 2.37. The lowest BCUT2D eigenvalue weighted by Crippen LogP contribution is -2.41. The second-order valence-electron chi connectivity index (χ2n) is 7.72. The summed E-state index contributed by atoms with van der Waals surface area (Å²) in [6, 6.07) is 2.41. The van der Waals surface area contributed by atoms with E-state index in [1.165, 1.54) is 48.6 Å². The number of nitriles is 1. The predicted molar refractivity (Wildman–Crippen MR) is 110 cm³/mol. The lowest BCUT2D eigenvalue weighted by atomic mass is 9.89. The molecule has 3 aliphatic rings. The monoisotopic (exact) mass is 400 g/mol. The molecule has 0 spiro atoms. The van der Waals surface area contributed by atoms with Crippen LogP contribution in [0.25, 0.3) is 0 Å². The molecule has 1 aromatic rings. The Bertz CT molecular complexity index is 765. The van der Waals surface area contributed by atoms with Gasteiger partial charge in [-0.05, 0) is 56.1 Å². The quantitative estimate of drug-likeness (QED) is 0.724. The molecule has 0 atom stereocenters. The molecule has 0 bridgehead atoms. The van der Waals surface area contributed by atoms with Gasteiger partial charge in [0.25, 0.3) is 0 Å². The van der Waals surface area contributed by atoms with Gasteiger partial charge in [0.1, 0.15) is 16.9 Å².